The summed E-state index contributed by atoms with van der Waals surface area (Å²) in [7, 11) is 1.94. The summed E-state index contributed by atoms with van der Waals surface area (Å²) in [6.07, 6.45) is 3.64. The molecule has 98 valence electrons. The molecule has 0 unspecified atom stereocenters. The first kappa shape index (κ1) is 13.2. The first-order valence-electron chi connectivity index (χ1n) is 6.13. The second-order valence-corrected chi connectivity index (χ2v) is 4.46. The van der Waals surface area contributed by atoms with Crippen LogP contribution in [0.2, 0.25) is 0 Å². The van der Waals surface area contributed by atoms with Gasteiger partial charge in [0.25, 0.3) is 0 Å². The fourth-order valence-electron chi connectivity index (χ4n) is 1.87. The van der Waals surface area contributed by atoms with E-state index in [1.165, 1.54) is 0 Å². The number of nitrogens with zero attached hydrogens (tertiary/aromatic N) is 3. The molecule has 0 atom stereocenters. The van der Waals surface area contributed by atoms with E-state index < -0.39 is 0 Å². The lowest BCUT2D eigenvalue weighted by atomic mass is 10.1. The molecule has 0 amide bonds. The Bertz CT molecular complexity index is 668. The minimum Gasteiger partial charge on any atom is -0.333 e. The Morgan fingerprint density at radius 3 is 2.95 bits per heavy atom. The maximum absolute atomic E-state index is 5.68. The van der Waals surface area contributed by atoms with Crippen LogP contribution in [0.25, 0.3) is 11.3 Å². The van der Waals surface area contributed by atoms with E-state index in [-0.39, 0.29) is 0 Å². The SMILES string of the molecule is C=C(C)N=c1c(-c2cccc(CN)c2)nccn1C. The van der Waals surface area contributed by atoms with Gasteiger partial charge in [0, 0.05) is 37.2 Å². The summed E-state index contributed by atoms with van der Waals surface area (Å²) in [6.45, 7) is 6.21. The lowest BCUT2D eigenvalue weighted by Gasteiger charge is -2.07. The van der Waals surface area contributed by atoms with Crippen molar-refractivity contribution >= 4 is 0 Å². The van der Waals surface area contributed by atoms with Crippen molar-refractivity contribution in [1.82, 2.24) is 9.55 Å². The number of aryl methyl sites for hydroxylation is 1. The molecule has 19 heavy (non-hydrogen) atoms. The average Bonchev–Trinajstić information content (AvgIpc) is 2.40. The average molecular weight is 254 g/mol. The van der Waals surface area contributed by atoms with Gasteiger partial charge in [0.1, 0.15) is 5.69 Å². The predicted octanol–water partition coefficient (Wildman–Crippen LogP) is 1.98. The minimum atomic E-state index is 0.514. The summed E-state index contributed by atoms with van der Waals surface area (Å²) in [5.41, 5.74) is 10.2. The topological polar surface area (TPSA) is 56.2 Å². The van der Waals surface area contributed by atoms with Crippen molar-refractivity contribution in [3.63, 3.8) is 0 Å². The van der Waals surface area contributed by atoms with Crippen LogP contribution < -0.4 is 11.2 Å². The molecule has 0 fully saturated rings. The number of benzene rings is 1. The van der Waals surface area contributed by atoms with E-state index >= 15 is 0 Å². The highest BCUT2D eigenvalue weighted by molar-refractivity contribution is 5.58. The van der Waals surface area contributed by atoms with E-state index in [0.29, 0.717) is 6.54 Å². The van der Waals surface area contributed by atoms with Crippen LogP contribution in [0.5, 0.6) is 0 Å². The Kier molecular flexibility index (Phi) is 3.92. The van der Waals surface area contributed by atoms with E-state index in [9.17, 15) is 0 Å². The third-order valence-electron chi connectivity index (χ3n) is 2.77. The van der Waals surface area contributed by atoms with E-state index in [1.807, 2.05) is 49.0 Å². The fourth-order valence-corrected chi connectivity index (χ4v) is 1.87. The van der Waals surface area contributed by atoms with Crippen LogP contribution >= 0.6 is 0 Å². The molecule has 0 saturated carbocycles. The molecular formula is C15H18N4. The Balaban J connectivity index is 2.68. The maximum Gasteiger partial charge on any atom is 0.159 e. The second-order valence-electron chi connectivity index (χ2n) is 4.46. The van der Waals surface area contributed by atoms with Gasteiger partial charge in [0.15, 0.2) is 5.49 Å². The molecule has 1 aromatic heterocycles. The van der Waals surface area contributed by atoms with Crippen LogP contribution in [0.4, 0.5) is 0 Å². The fraction of sp³-hybridized carbons (Fsp3) is 0.200. The van der Waals surface area contributed by atoms with Gasteiger partial charge in [-0.15, -0.1) is 0 Å². The molecule has 2 aromatic rings. The molecule has 0 bridgehead atoms. The number of allylic oxidation sites excluding steroid dienone is 1. The van der Waals surface area contributed by atoms with Gasteiger partial charge in [0.05, 0.1) is 0 Å². The smallest absolute Gasteiger partial charge is 0.159 e. The van der Waals surface area contributed by atoms with Crippen LogP contribution in [0.15, 0.2) is 53.9 Å². The summed E-state index contributed by atoms with van der Waals surface area (Å²) in [5, 5.41) is 0. The van der Waals surface area contributed by atoms with Gasteiger partial charge < -0.3 is 10.3 Å². The number of aromatic nitrogens is 2. The highest BCUT2D eigenvalue weighted by Crippen LogP contribution is 2.14. The second kappa shape index (κ2) is 5.63. The molecule has 0 spiro atoms. The van der Waals surface area contributed by atoms with E-state index in [0.717, 1.165) is 28.0 Å². The monoisotopic (exact) mass is 254 g/mol. The van der Waals surface area contributed by atoms with Crippen molar-refractivity contribution in [3.05, 3.63) is 60.0 Å². The number of hydrogen-bond donors (Lipinski definition) is 1. The Hall–Kier alpha value is -2.20. The zero-order valence-corrected chi connectivity index (χ0v) is 11.3. The molecule has 0 radical (unpaired) electrons. The predicted molar refractivity (Wildman–Crippen MR) is 76.9 cm³/mol. The van der Waals surface area contributed by atoms with Crippen molar-refractivity contribution in [3.8, 4) is 11.3 Å². The van der Waals surface area contributed by atoms with Gasteiger partial charge >= 0.3 is 0 Å². The quantitative estimate of drug-likeness (QED) is 0.910. The van der Waals surface area contributed by atoms with Crippen molar-refractivity contribution in [1.29, 1.82) is 0 Å². The molecule has 1 aromatic carbocycles. The first-order valence-corrected chi connectivity index (χ1v) is 6.13. The summed E-state index contributed by atoms with van der Waals surface area (Å²) in [5.74, 6) is 0. The lowest BCUT2D eigenvalue weighted by Crippen LogP contribution is -2.21. The molecular weight excluding hydrogens is 236 g/mol. The summed E-state index contributed by atoms with van der Waals surface area (Å²) >= 11 is 0. The highest BCUT2D eigenvalue weighted by atomic mass is 15.0. The molecule has 4 heteroatoms. The molecule has 0 saturated heterocycles. The van der Waals surface area contributed by atoms with Gasteiger partial charge in [-0.3, -0.25) is 4.98 Å². The maximum atomic E-state index is 5.68. The van der Waals surface area contributed by atoms with E-state index in [1.54, 1.807) is 6.20 Å². The highest BCUT2D eigenvalue weighted by Gasteiger charge is 2.05. The standard InChI is InChI=1S/C15H18N4/c1-11(2)18-15-14(17-7-8-19(15)3)13-6-4-5-12(9-13)10-16/h4-9H,1,10,16H2,2-3H3. The molecule has 0 aliphatic carbocycles. The Morgan fingerprint density at radius 2 is 2.26 bits per heavy atom. The van der Waals surface area contributed by atoms with Gasteiger partial charge in [0.2, 0.25) is 0 Å². The largest absolute Gasteiger partial charge is 0.333 e. The van der Waals surface area contributed by atoms with Crippen LogP contribution in [0, 0.1) is 0 Å². The molecule has 2 N–H and O–H groups in total. The third kappa shape index (κ3) is 2.98. The van der Waals surface area contributed by atoms with Crippen molar-refractivity contribution in [2.75, 3.05) is 0 Å². The zero-order chi connectivity index (χ0) is 13.8. The number of hydrogen-bond acceptors (Lipinski definition) is 3. The van der Waals surface area contributed by atoms with Crippen molar-refractivity contribution in [2.24, 2.45) is 17.8 Å². The van der Waals surface area contributed by atoms with Gasteiger partial charge in [-0.2, -0.15) is 0 Å². The van der Waals surface area contributed by atoms with Gasteiger partial charge in [-0.1, -0.05) is 24.8 Å². The summed E-state index contributed by atoms with van der Waals surface area (Å²) in [4.78, 5) is 8.91. The van der Waals surface area contributed by atoms with Gasteiger partial charge in [-0.25, -0.2) is 4.99 Å². The third-order valence-corrected chi connectivity index (χ3v) is 2.77. The lowest BCUT2D eigenvalue weighted by molar-refractivity contribution is 0.813. The first-order chi connectivity index (χ1) is 9.11. The summed E-state index contributed by atoms with van der Waals surface area (Å²) < 4.78 is 1.94. The number of rotatable bonds is 3. The minimum absolute atomic E-state index is 0.514. The van der Waals surface area contributed by atoms with Crippen molar-refractivity contribution in [2.45, 2.75) is 13.5 Å². The molecule has 0 aliphatic heterocycles. The number of nitrogens with two attached hydrogens (primary N) is 1. The molecule has 0 aliphatic rings. The molecule has 2 rings (SSSR count). The van der Waals surface area contributed by atoms with Crippen LogP contribution in [-0.4, -0.2) is 9.55 Å². The Morgan fingerprint density at radius 1 is 1.47 bits per heavy atom. The zero-order valence-electron chi connectivity index (χ0n) is 11.3. The van der Waals surface area contributed by atoms with E-state index in [4.69, 9.17) is 5.73 Å². The Labute approximate surface area is 113 Å². The van der Waals surface area contributed by atoms with Crippen LogP contribution in [0.3, 0.4) is 0 Å². The van der Waals surface area contributed by atoms with Gasteiger partial charge in [-0.05, 0) is 18.6 Å². The molecule has 4 nitrogen and oxygen atoms in total. The van der Waals surface area contributed by atoms with Crippen LogP contribution in [-0.2, 0) is 13.6 Å². The summed E-state index contributed by atoms with van der Waals surface area (Å²) in [6, 6.07) is 8.04. The molecule has 1 heterocycles. The van der Waals surface area contributed by atoms with Crippen LogP contribution in [0.1, 0.15) is 12.5 Å². The van der Waals surface area contributed by atoms with E-state index in [2.05, 4.69) is 16.6 Å². The van der Waals surface area contributed by atoms with Crippen molar-refractivity contribution < 1.29 is 0 Å². The normalized spacial score (nSPS) is 11.6.